The van der Waals surface area contributed by atoms with Gasteiger partial charge in [-0.25, -0.2) is 0 Å². The van der Waals surface area contributed by atoms with Crippen LogP contribution in [-0.2, 0) is 0 Å². The molecule has 2 atom stereocenters. The predicted molar refractivity (Wildman–Crippen MR) is 56.6 cm³/mol. The summed E-state index contributed by atoms with van der Waals surface area (Å²) in [5.74, 6) is 1.39. The Morgan fingerprint density at radius 2 is 2.23 bits per heavy atom. The molecule has 2 unspecified atom stereocenters. The minimum atomic E-state index is -0.486. The van der Waals surface area contributed by atoms with E-state index in [9.17, 15) is 5.11 Å². The average Bonchev–Trinajstić information content (AvgIpc) is 2.05. The van der Waals surface area contributed by atoms with Crippen molar-refractivity contribution in [2.75, 3.05) is 0 Å². The fourth-order valence-corrected chi connectivity index (χ4v) is 2.10. The monoisotopic (exact) mass is 182 g/mol. The molecule has 76 valence electrons. The highest BCUT2D eigenvalue weighted by Gasteiger charge is 2.28. The molecular formula is C12H22O. The molecule has 1 aliphatic rings. The summed E-state index contributed by atoms with van der Waals surface area (Å²) in [6, 6.07) is 0. The van der Waals surface area contributed by atoms with Gasteiger partial charge in [0.2, 0.25) is 0 Å². The predicted octanol–water partition coefficient (Wildman–Crippen LogP) is 3.14. The van der Waals surface area contributed by atoms with Gasteiger partial charge >= 0.3 is 0 Å². The van der Waals surface area contributed by atoms with Gasteiger partial charge < -0.3 is 5.11 Å². The van der Waals surface area contributed by atoms with E-state index in [-0.39, 0.29) is 0 Å². The molecule has 1 aliphatic carbocycles. The van der Waals surface area contributed by atoms with E-state index in [1.807, 2.05) is 6.08 Å². The summed E-state index contributed by atoms with van der Waals surface area (Å²) in [7, 11) is 0. The number of allylic oxidation sites excluding steroid dienone is 1. The summed E-state index contributed by atoms with van der Waals surface area (Å²) in [5.41, 5.74) is -0.486. The van der Waals surface area contributed by atoms with Crippen molar-refractivity contribution in [2.45, 2.75) is 52.1 Å². The zero-order valence-corrected chi connectivity index (χ0v) is 9.09. The second kappa shape index (κ2) is 4.28. The summed E-state index contributed by atoms with van der Waals surface area (Å²) in [4.78, 5) is 0. The van der Waals surface area contributed by atoms with Gasteiger partial charge in [0.1, 0.15) is 0 Å². The smallest absolute Gasteiger partial charge is 0.0827 e. The second-order valence-corrected chi connectivity index (χ2v) is 4.66. The van der Waals surface area contributed by atoms with Crippen LogP contribution < -0.4 is 0 Å². The van der Waals surface area contributed by atoms with Crippen molar-refractivity contribution >= 4 is 0 Å². The Labute approximate surface area is 81.9 Å². The van der Waals surface area contributed by atoms with Crippen LogP contribution in [0.5, 0.6) is 0 Å². The Hall–Kier alpha value is -0.300. The molecule has 1 nitrogen and oxygen atoms in total. The fourth-order valence-electron chi connectivity index (χ4n) is 2.10. The molecule has 0 aromatic rings. The van der Waals surface area contributed by atoms with Crippen LogP contribution in [0.2, 0.25) is 0 Å². The molecule has 0 amide bonds. The van der Waals surface area contributed by atoms with Gasteiger partial charge in [0.15, 0.2) is 0 Å². The third kappa shape index (κ3) is 2.84. The molecule has 0 saturated heterocycles. The molecule has 0 heterocycles. The third-order valence-corrected chi connectivity index (χ3v) is 3.10. The van der Waals surface area contributed by atoms with E-state index in [0.717, 1.165) is 25.7 Å². The first kappa shape index (κ1) is 10.8. The molecular weight excluding hydrogens is 160 g/mol. The van der Waals surface area contributed by atoms with Gasteiger partial charge in [-0.15, -0.1) is 0 Å². The van der Waals surface area contributed by atoms with Gasteiger partial charge in [-0.1, -0.05) is 39.3 Å². The number of aliphatic hydroxyl groups is 1. The first-order valence-electron chi connectivity index (χ1n) is 5.49. The summed E-state index contributed by atoms with van der Waals surface area (Å²) >= 11 is 0. The van der Waals surface area contributed by atoms with Crippen molar-refractivity contribution in [3.63, 3.8) is 0 Å². The Bertz CT molecular complexity index is 184. The quantitative estimate of drug-likeness (QED) is 0.665. The van der Waals surface area contributed by atoms with Crippen molar-refractivity contribution in [3.8, 4) is 0 Å². The lowest BCUT2D eigenvalue weighted by molar-refractivity contribution is 0.0562. The van der Waals surface area contributed by atoms with E-state index in [1.54, 1.807) is 0 Å². The number of hydrogen-bond donors (Lipinski definition) is 1. The Morgan fingerprint density at radius 3 is 2.62 bits per heavy atom. The Morgan fingerprint density at radius 1 is 1.54 bits per heavy atom. The molecule has 0 radical (unpaired) electrons. The Balaban J connectivity index is 2.55. The number of rotatable bonds is 3. The van der Waals surface area contributed by atoms with Gasteiger partial charge in [-0.05, 0) is 31.1 Å². The third-order valence-electron chi connectivity index (χ3n) is 3.10. The molecule has 0 fully saturated rings. The van der Waals surface area contributed by atoms with Crippen molar-refractivity contribution in [2.24, 2.45) is 11.8 Å². The van der Waals surface area contributed by atoms with Crippen molar-refractivity contribution in [1.82, 2.24) is 0 Å². The first-order chi connectivity index (χ1) is 6.07. The van der Waals surface area contributed by atoms with Crippen LogP contribution >= 0.6 is 0 Å². The van der Waals surface area contributed by atoms with Crippen molar-refractivity contribution < 1.29 is 5.11 Å². The van der Waals surface area contributed by atoms with E-state index in [0.29, 0.717) is 11.8 Å². The van der Waals surface area contributed by atoms with E-state index < -0.39 is 5.60 Å². The summed E-state index contributed by atoms with van der Waals surface area (Å²) in [6.45, 7) is 6.62. The second-order valence-electron chi connectivity index (χ2n) is 4.66. The van der Waals surface area contributed by atoms with Crippen LogP contribution in [0.1, 0.15) is 46.5 Å². The van der Waals surface area contributed by atoms with E-state index in [4.69, 9.17) is 0 Å². The maximum atomic E-state index is 10.1. The topological polar surface area (TPSA) is 20.2 Å². The van der Waals surface area contributed by atoms with Gasteiger partial charge in [-0.2, -0.15) is 0 Å². The van der Waals surface area contributed by atoms with Crippen LogP contribution in [0.3, 0.4) is 0 Å². The highest BCUT2D eigenvalue weighted by Crippen LogP contribution is 2.32. The van der Waals surface area contributed by atoms with Crippen LogP contribution in [-0.4, -0.2) is 10.7 Å². The minimum Gasteiger partial charge on any atom is -0.386 e. The highest BCUT2D eigenvalue weighted by atomic mass is 16.3. The van der Waals surface area contributed by atoms with Crippen LogP contribution in [0.4, 0.5) is 0 Å². The van der Waals surface area contributed by atoms with E-state index >= 15 is 0 Å². The van der Waals surface area contributed by atoms with Crippen molar-refractivity contribution in [3.05, 3.63) is 12.2 Å². The molecule has 0 aromatic heterocycles. The molecule has 1 rings (SSSR count). The first-order valence-corrected chi connectivity index (χ1v) is 5.49. The van der Waals surface area contributed by atoms with Gasteiger partial charge in [0.05, 0.1) is 5.60 Å². The largest absolute Gasteiger partial charge is 0.386 e. The van der Waals surface area contributed by atoms with Crippen LogP contribution in [0.15, 0.2) is 12.2 Å². The highest BCUT2D eigenvalue weighted by molar-refractivity contribution is 5.08. The van der Waals surface area contributed by atoms with Crippen molar-refractivity contribution in [1.29, 1.82) is 0 Å². The minimum absolute atomic E-state index is 0.486. The molecule has 0 aliphatic heterocycles. The molecule has 1 heteroatoms. The van der Waals surface area contributed by atoms with Crippen LogP contribution in [0.25, 0.3) is 0 Å². The lowest BCUT2D eigenvalue weighted by atomic mass is 9.78. The molecule has 0 aromatic carbocycles. The summed E-state index contributed by atoms with van der Waals surface area (Å²) in [5, 5.41) is 10.1. The van der Waals surface area contributed by atoms with E-state index in [1.165, 1.54) is 0 Å². The maximum absolute atomic E-state index is 10.1. The molecule has 0 spiro atoms. The fraction of sp³-hybridized carbons (Fsp3) is 0.833. The summed E-state index contributed by atoms with van der Waals surface area (Å²) < 4.78 is 0. The van der Waals surface area contributed by atoms with Gasteiger partial charge in [-0.3, -0.25) is 0 Å². The lowest BCUT2D eigenvalue weighted by Gasteiger charge is -2.32. The molecule has 0 bridgehead atoms. The molecule has 0 saturated carbocycles. The number of hydrogen-bond acceptors (Lipinski definition) is 1. The molecule has 1 N–H and O–H groups in total. The van der Waals surface area contributed by atoms with Gasteiger partial charge in [0.25, 0.3) is 0 Å². The van der Waals surface area contributed by atoms with Gasteiger partial charge in [0, 0.05) is 0 Å². The van der Waals surface area contributed by atoms with Crippen LogP contribution in [0, 0.1) is 11.8 Å². The average molecular weight is 182 g/mol. The zero-order chi connectivity index (χ0) is 9.90. The van der Waals surface area contributed by atoms with E-state index in [2.05, 4.69) is 26.8 Å². The Kier molecular flexibility index (Phi) is 3.55. The summed E-state index contributed by atoms with van der Waals surface area (Å²) in [6.07, 6.45) is 8.31. The zero-order valence-electron chi connectivity index (χ0n) is 9.09. The SMILES string of the molecule is CCCC1(O)C=CC(C(C)C)CC1. The normalized spacial score (nSPS) is 34.1. The standard InChI is InChI=1S/C12H22O/c1-4-7-12(13)8-5-11(6-9-12)10(2)3/h5,8,10-11,13H,4,6-7,9H2,1-3H3. The maximum Gasteiger partial charge on any atom is 0.0827 e. The lowest BCUT2D eigenvalue weighted by Crippen LogP contribution is -2.30. The molecule has 13 heavy (non-hydrogen) atoms.